The van der Waals surface area contributed by atoms with Gasteiger partial charge in [0.15, 0.2) is 5.16 Å². The second-order valence-electron chi connectivity index (χ2n) is 4.48. The molecule has 0 saturated carbocycles. The number of aromatic amines is 1. The molecule has 0 aliphatic rings. The molecule has 20 heavy (non-hydrogen) atoms. The van der Waals surface area contributed by atoms with Crippen molar-refractivity contribution in [2.75, 3.05) is 7.05 Å². The van der Waals surface area contributed by atoms with E-state index < -0.39 is 0 Å². The molecule has 0 atom stereocenters. The minimum Gasteiger partial charge on any atom is -0.464 e. The van der Waals surface area contributed by atoms with Crippen molar-refractivity contribution >= 4 is 11.8 Å². The summed E-state index contributed by atoms with van der Waals surface area (Å²) in [4.78, 5) is 18.7. The quantitative estimate of drug-likeness (QED) is 0.605. The molecule has 0 aromatic carbocycles. The van der Waals surface area contributed by atoms with Gasteiger partial charge in [-0.3, -0.25) is 4.79 Å². The van der Waals surface area contributed by atoms with Crippen LogP contribution >= 0.6 is 11.8 Å². The highest BCUT2D eigenvalue weighted by atomic mass is 32.2. The third-order valence-corrected chi connectivity index (χ3v) is 3.59. The van der Waals surface area contributed by atoms with E-state index >= 15 is 0 Å². The Bertz CT molecular complexity index is 606. The van der Waals surface area contributed by atoms with E-state index in [9.17, 15) is 4.79 Å². The molecular weight excluding hydrogens is 274 g/mol. The first-order valence-corrected chi connectivity index (χ1v) is 7.65. The summed E-state index contributed by atoms with van der Waals surface area (Å²) in [6, 6.07) is 5.47. The zero-order valence-electron chi connectivity index (χ0n) is 11.7. The Morgan fingerprint density at radius 1 is 1.40 bits per heavy atom. The van der Waals surface area contributed by atoms with Gasteiger partial charge in [0, 0.05) is 11.8 Å². The monoisotopic (exact) mass is 293 g/mol. The second kappa shape index (κ2) is 7.31. The zero-order chi connectivity index (χ0) is 14.4. The van der Waals surface area contributed by atoms with Crippen LogP contribution in [0.5, 0.6) is 0 Å². The molecule has 2 rings (SSSR count). The van der Waals surface area contributed by atoms with Gasteiger partial charge in [-0.05, 0) is 25.6 Å². The number of hydrogen-bond acceptors (Lipinski definition) is 5. The van der Waals surface area contributed by atoms with Crippen LogP contribution in [0.15, 0.2) is 32.6 Å². The second-order valence-corrected chi connectivity index (χ2v) is 5.44. The van der Waals surface area contributed by atoms with Crippen LogP contribution in [0.1, 0.15) is 30.6 Å². The molecule has 5 nitrogen and oxygen atoms in total. The molecule has 0 unspecified atom stereocenters. The Labute approximate surface area is 122 Å². The minimum absolute atomic E-state index is 0.0960. The summed E-state index contributed by atoms with van der Waals surface area (Å²) in [5, 5.41) is 3.69. The fourth-order valence-corrected chi connectivity index (χ4v) is 2.63. The summed E-state index contributed by atoms with van der Waals surface area (Å²) < 4.78 is 5.65. The first kappa shape index (κ1) is 14.9. The smallest absolute Gasteiger partial charge is 0.251 e. The number of furan rings is 1. The zero-order valence-corrected chi connectivity index (χ0v) is 12.5. The molecule has 2 heterocycles. The molecule has 0 amide bonds. The van der Waals surface area contributed by atoms with Crippen LogP contribution in [0.3, 0.4) is 0 Å². The number of thioether (sulfide) groups is 1. The van der Waals surface area contributed by atoms with Gasteiger partial charge in [0.2, 0.25) is 0 Å². The summed E-state index contributed by atoms with van der Waals surface area (Å²) in [7, 11) is 1.88. The maximum Gasteiger partial charge on any atom is 0.251 e. The molecule has 0 aliphatic carbocycles. The SMILES string of the molecule is CCCc1cc(=O)[nH]c(SCc2ccc(CNC)o2)n1. The van der Waals surface area contributed by atoms with E-state index in [4.69, 9.17) is 4.42 Å². The minimum atomic E-state index is -0.0960. The Hall–Kier alpha value is -1.53. The number of H-pyrrole nitrogens is 1. The molecule has 2 aromatic rings. The highest BCUT2D eigenvalue weighted by molar-refractivity contribution is 7.98. The predicted molar refractivity (Wildman–Crippen MR) is 79.9 cm³/mol. The van der Waals surface area contributed by atoms with Gasteiger partial charge >= 0.3 is 0 Å². The summed E-state index contributed by atoms with van der Waals surface area (Å²) in [6.45, 7) is 2.79. The van der Waals surface area contributed by atoms with Crippen LogP contribution in [0.25, 0.3) is 0 Å². The van der Waals surface area contributed by atoms with Gasteiger partial charge in [-0.25, -0.2) is 4.98 Å². The van der Waals surface area contributed by atoms with Gasteiger partial charge in [0.25, 0.3) is 5.56 Å². The van der Waals surface area contributed by atoms with E-state index in [-0.39, 0.29) is 5.56 Å². The number of hydrogen-bond donors (Lipinski definition) is 2. The van der Waals surface area contributed by atoms with Gasteiger partial charge in [-0.15, -0.1) is 0 Å². The highest BCUT2D eigenvalue weighted by Gasteiger charge is 2.05. The van der Waals surface area contributed by atoms with Crippen molar-refractivity contribution in [1.82, 2.24) is 15.3 Å². The lowest BCUT2D eigenvalue weighted by atomic mass is 10.2. The van der Waals surface area contributed by atoms with Gasteiger partial charge in [0.05, 0.1) is 12.3 Å². The van der Waals surface area contributed by atoms with Gasteiger partial charge in [-0.2, -0.15) is 0 Å². The lowest BCUT2D eigenvalue weighted by molar-refractivity contribution is 0.468. The van der Waals surface area contributed by atoms with E-state index in [0.29, 0.717) is 17.5 Å². The van der Waals surface area contributed by atoms with Gasteiger partial charge in [0.1, 0.15) is 11.5 Å². The molecule has 2 aromatic heterocycles. The van der Waals surface area contributed by atoms with Crippen LogP contribution in [-0.2, 0) is 18.7 Å². The first-order valence-electron chi connectivity index (χ1n) is 6.66. The Morgan fingerprint density at radius 2 is 2.20 bits per heavy atom. The number of nitrogens with zero attached hydrogens (tertiary/aromatic N) is 1. The normalized spacial score (nSPS) is 10.9. The maximum atomic E-state index is 11.5. The molecular formula is C14H19N3O2S. The van der Waals surface area contributed by atoms with E-state index in [2.05, 4.69) is 22.2 Å². The third-order valence-electron chi connectivity index (χ3n) is 2.70. The average Bonchev–Trinajstić information content (AvgIpc) is 2.84. The first-order chi connectivity index (χ1) is 9.71. The summed E-state index contributed by atoms with van der Waals surface area (Å²) in [5.74, 6) is 2.44. The lowest BCUT2D eigenvalue weighted by Gasteiger charge is -2.02. The fraction of sp³-hybridized carbons (Fsp3) is 0.429. The molecule has 0 bridgehead atoms. The molecule has 0 spiro atoms. The molecule has 0 aliphatic heterocycles. The van der Waals surface area contributed by atoms with Gasteiger partial charge in [-0.1, -0.05) is 25.1 Å². The van der Waals surface area contributed by atoms with Crippen molar-refractivity contribution in [3.8, 4) is 0 Å². The number of rotatable bonds is 7. The molecule has 2 N–H and O–H groups in total. The lowest BCUT2D eigenvalue weighted by Crippen LogP contribution is -2.09. The molecule has 0 saturated heterocycles. The average molecular weight is 293 g/mol. The van der Waals surface area contributed by atoms with Gasteiger partial charge < -0.3 is 14.7 Å². The molecule has 6 heteroatoms. The van der Waals surface area contributed by atoms with Crippen molar-refractivity contribution in [1.29, 1.82) is 0 Å². The summed E-state index contributed by atoms with van der Waals surface area (Å²) >= 11 is 1.48. The van der Waals surface area contributed by atoms with E-state index in [1.165, 1.54) is 11.8 Å². The van der Waals surface area contributed by atoms with Crippen molar-refractivity contribution in [2.45, 2.75) is 37.2 Å². The van der Waals surface area contributed by atoms with Crippen LogP contribution in [0.2, 0.25) is 0 Å². The van der Waals surface area contributed by atoms with E-state index in [0.717, 1.165) is 30.1 Å². The van der Waals surface area contributed by atoms with Crippen LogP contribution < -0.4 is 10.9 Å². The topological polar surface area (TPSA) is 70.9 Å². The van der Waals surface area contributed by atoms with Crippen molar-refractivity contribution in [3.05, 3.63) is 45.8 Å². The highest BCUT2D eigenvalue weighted by Crippen LogP contribution is 2.20. The van der Waals surface area contributed by atoms with Crippen molar-refractivity contribution in [2.24, 2.45) is 0 Å². The Kier molecular flexibility index (Phi) is 5.43. The Balaban J connectivity index is 2.00. The number of aryl methyl sites for hydroxylation is 1. The van der Waals surface area contributed by atoms with E-state index in [1.54, 1.807) is 6.07 Å². The maximum absolute atomic E-state index is 11.5. The number of nitrogens with one attached hydrogen (secondary N) is 2. The van der Waals surface area contributed by atoms with Crippen molar-refractivity contribution in [3.63, 3.8) is 0 Å². The van der Waals surface area contributed by atoms with E-state index in [1.807, 2.05) is 19.2 Å². The summed E-state index contributed by atoms with van der Waals surface area (Å²) in [5.41, 5.74) is 0.746. The molecule has 0 radical (unpaired) electrons. The van der Waals surface area contributed by atoms with Crippen LogP contribution in [0, 0.1) is 0 Å². The summed E-state index contributed by atoms with van der Waals surface area (Å²) in [6.07, 6.45) is 1.80. The molecule has 0 fully saturated rings. The number of aromatic nitrogens is 2. The standard InChI is InChI=1S/C14H19N3O2S/c1-3-4-10-7-13(18)17-14(16-10)20-9-12-6-5-11(19-12)8-15-2/h5-7,15H,3-4,8-9H2,1-2H3,(H,16,17,18). The van der Waals surface area contributed by atoms with Crippen molar-refractivity contribution < 1.29 is 4.42 Å². The largest absolute Gasteiger partial charge is 0.464 e. The van der Waals surface area contributed by atoms with Crippen LogP contribution in [-0.4, -0.2) is 17.0 Å². The fourth-order valence-electron chi connectivity index (χ4n) is 1.84. The van der Waals surface area contributed by atoms with Crippen LogP contribution in [0.4, 0.5) is 0 Å². The predicted octanol–water partition coefficient (Wildman–Crippen LogP) is 2.33. The third kappa shape index (κ3) is 4.25. The molecule has 108 valence electrons. The Morgan fingerprint density at radius 3 is 2.95 bits per heavy atom.